The van der Waals surface area contributed by atoms with Gasteiger partial charge in [0.2, 0.25) is 0 Å². The zero-order valence-corrected chi connectivity index (χ0v) is 21.6. The molecule has 3 aromatic carbocycles. The monoisotopic (exact) mass is 573 g/mol. The molecular formula is C25H21BrClN3O6. The molecule has 0 aliphatic heterocycles. The van der Waals surface area contributed by atoms with Gasteiger partial charge in [-0.3, -0.25) is 9.59 Å². The molecule has 0 atom stereocenters. The summed E-state index contributed by atoms with van der Waals surface area (Å²) in [7, 11) is 2.95. The highest BCUT2D eigenvalue weighted by molar-refractivity contribution is 9.10. The van der Waals surface area contributed by atoms with Crippen LogP contribution in [0, 0.1) is 0 Å². The lowest BCUT2D eigenvalue weighted by molar-refractivity contribution is -0.120. The van der Waals surface area contributed by atoms with Gasteiger partial charge in [-0.15, -0.1) is 0 Å². The minimum Gasteiger partial charge on any atom is -0.493 e. The number of hydrogen-bond donors (Lipinski definition) is 2. The van der Waals surface area contributed by atoms with Crippen molar-refractivity contribution in [2.75, 3.05) is 20.8 Å². The highest BCUT2D eigenvalue weighted by Gasteiger charge is 2.15. The van der Waals surface area contributed by atoms with Gasteiger partial charge >= 0.3 is 5.97 Å². The number of hydrazone groups is 1. The van der Waals surface area contributed by atoms with E-state index in [9.17, 15) is 14.4 Å². The largest absolute Gasteiger partial charge is 0.493 e. The van der Waals surface area contributed by atoms with E-state index in [1.54, 1.807) is 54.6 Å². The summed E-state index contributed by atoms with van der Waals surface area (Å²) in [6.45, 7) is -0.322. The number of rotatable bonds is 9. The number of methoxy groups -OCH3 is 2. The third kappa shape index (κ3) is 7.06. The van der Waals surface area contributed by atoms with Gasteiger partial charge in [-0.05, 0) is 48.5 Å². The molecule has 0 aromatic heterocycles. The SMILES string of the molecule is COc1ccc(C(=O)NCC(=O)N/N=C\c2cc(Br)ccc2OC(=O)c2ccccc2Cl)cc1OC. The molecule has 0 aliphatic rings. The Kier molecular flexibility index (Phi) is 9.43. The summed E-state index contributed by atoms with van der Waals surface area (Å²) in [5.41, 5.74) is 3.24. The van der Waals surface area contributed by atoms with Crippen LogP contribution in [0.5, 0.6) is 17.2 Å². The summed E-state index contributed by atoms with van der Waals surface area (Å²) in [5, 5.41) is 6.65. The van der Waals surface area contributed by atoms with Crippen molar-refractivity contribution in [3.05, 3.63) is 86.8 Å². The van der Waals surface area contributed by atoms with E-state index in [2.05, 4.69) is 31.8 Å². The Morgan fingerprint density at radius 2 is 1.69 bits per heavy atom. The summed E-state index contributed by atoms with van der Waals surface area (Å²) in [6, 6.07) is 16.1. The smallest absolute Gasteiger partial charge is 0.345 e. The maximum Gasteiger partial charge on any atom is 0.345 e. The van der Waals surface area contributed by atoms with Crippen LogP contribution in [0.3, 0.4) is 0 Å². The van der Waals surface area contributed by atoms with Crippen molar-refractivity contribution >= 4 is 51.5 Å². The van der Waals surface area contributed by atoms with Gasteiger partial charge in [-0.2, -0.15) is 5.10 Å². The molecule has 0 fully saturated rings. The summed E-state index contributed by atoms with van der Waals surface area (Å²) in [4.78, 5) is 37.0. The van der Waals surface area contributed by atoms with E-state index in [0.717, 1.165) is 0 Å². The number of benzene rings is 3. The average Bonchev–Trinajstić information content (AvgIpc) is 2.88. The third-order valence-corrected chi connectivity index (χ3v) is 5.54. The molecule has 36 heavy (non-hydrogen) atoms. The van der Waals surface area contributed by atoms with Gasteiger partial charge in [-0.1, -0.05) is 39.7 Å². The number of hydrogen-bond acceptors (Lipinski definition) is 7. The molecule has 2 N–H and O–H groups in total. The maximum atomic E-state index is 12.5. The molecule has 0 heterocycles. The Balaban J connectivity index is 1.60. The maximum absolute atomic E-state index is 12.5. The number of carbonyl (C=O) groups is 3. The minimum absolute atomic E-state index is 0.211. The van der Waals surface area contributed by atoms with E-state index in [1.807, 2.05) is 0 Å². The van der Waals surface area contributed by atoms with Gasteiger partial charge in [-0.25, -0.2) is 10.2 Å². The van der Waals surface area contributed by atoms with E-state index >= 15 is 0 Å². The second kappa shape index (κ2) is 12.7. The highest BCUT2D eigenvalue weighted by Crippen LogP contribution is 2.27. The Hall–Kier alpha value is -3.89. The van der Waals surface area contributed by atoms with E-state index in [1.165, 1.54) is 26.5 Å². The third-order valence-electron chi connectivity index (χ3n) is 4.72. The van der Waals surface area contributed by atoms with Crippen LogP contribution in [0.1, 0.15) is 26.3 Å². The Labute approximate surface area is 220 Å². The molecule has 0 unspecified atom stereocenters. The number of nitrogens with one attached hydrogen (secondary N) is 2. The molecule has 3 aromatic rings. The van der Waals surface area contributed by atoms with Gasteiger partial charge in [0.15, 0.2) is 11.5 Å². The zero-order chi connectivity index (χ0) is 26.1. The first-order valence-corrected chi connectivity index (χ1v) is 11.6. The van der Waals surface area contributed by atoms with Crippen LogP contribution in [0.25, 0.3) is 0 Å². The first-order chi connectivity index (χ1) is 17.3. The summed E-state index contributed by atoms with van der Waals surface area (Å²) in [5.74, 6) is -0.604. The lowest BCUT2D eigenvalue weighted by Gasteiger charge is -2.10. The van der Waals surface area contributed by atoms with Crippen LogP contribution in [-0.4, -0.2) is 44.8 Å². The lowest BCUT2D eigenvalue weighted by atomic mass is 10.2. The molecule has 3 rings (SSSR count). The van der Waals surface area contributed by atoms with Gasteiger partial charge in [0, 0.05) is 15.6 Å². The molecule has 11 heteroatoms. The van der Waals surface area contributed by atoms with Crippen LogP contribution < -0.4 is 25.0 Å². The van der Waals surface area contributed by atoms with Crippen LogP contribution in [0.2, 0.25) is 5.02 Å². The first-order valence-electron chi connectivity index (χ1n) is 10.4. The fourth-order valence-corrected chi connectivity index (χ4v) is 3.54. The quantitative estimate of drug-likeness (QED) is 0.171. The second-order valence-electron chi connectivity index (χ2n) is 7.10. The fourth-order valence-electron chi connectivity index (χ4n) is 2.95. The number of ether oxygens (including phenoxy) is 3. The van der Waals surface area contributed by atoms with Crippen LogP contribution in [-0.2, 0) is 4.79 Å². The molecule has 186 valence electrons. The van der Waals surface area contributed by atoms with Crippen molar-refractivity contribution in [3.8, 4) is 17.2 Å². The highest BCUT2D eigenvalue weighted by atomic mass is 79.9. The molecule has 2 amide bonds. The van der Waals surface area contributed by atoms with Gasteiger partial charge in [0.05, 0.1) is 37.6 Å². The van der Waals surface area contributed by atoms with Crippen molar-refractivity contribution in [1.82, 2.24) is 10.7 Å². The summed E-state index contributed by atoms with van der Waals surface area (Å²) >= 11 is 9.41. The number of esters is 1. The minimum atomic E-state index is -0.639. The van der Waals surface area contributed by atoms with Crippen LogP contribution >= 0.6 is 27.5 Å². The zero-order valence-electron chi connectivity index (χ0n) is 19.2. The number of nitrogens with zero attached hydrogens (tertiary/aromatic N) is 1. The van der Waals surface area contributed by atoms with E-state index in [-0.39, 0.29) is 22.9 Å². The molecule has 0 radical (unpaired) electrons. The van der Waals surface area contributed by atoms with Crippen molar-refractivity contribution in [2.24, 2.45) is 5.10 Å². The Bertz CT molecular complexity index is 1310. The number of carbonyl (C=O) groups excluding carboxylic acids is 3. The average molecular weight is 575 g/mol. The van der Waals surface area contributed by atoms with Crippen LogP contribution in [0.4, 0.5) is 0 Å². The molecule has 0 aliphatic carbocycles. The molecular weight excluding hydrogens is 554 g/mol. The number of halogens is 2. The van der Waals surface area contributed by atoms with E-state index < -0.39 is 17.8 Å². The number of amides is 2. The van der Waals surface area contributed by atoms with Crippen molar-refractivity contribution in [2.45, 2.75) is 0 Å². The predicted octanol–water partition coefficient (Wildman–Crippen LogP) is 4.22. The Morgan fingerprint density at radius 3 is 2.42 bits per heavy atom. The van der Waals surface area contributed by atoms with E-state index in [4.69, 9.17) is 25.8 Å². The van der Waals surface area contributed by atoms with Crippen molar-refractivity contribution < 1.29 is 28.6 Å². The summed E-state index contributed by atoms with van der Waals surface area (Å²) < 4.78 is 16.5. The molecule has 0 saturated heterocycles. The van der Waals surface area contributed by atoms with Gasteiger partial charge < -0.3 is 19.5 Å². The second-order valence-corrected chi connectivity index (χ2v) is 8.42. The topological polar surface area (TPSA) is 115 Å². The molecule has 0 saturated carbocycles. The predicted molar refractivity (Wildman–Crippen MR) is 138 cm³/mol. The van der Waals surface area contributed by atoms with E-state index in [0.29, 0.717) is 27.1 Å². The summed E-state index contributed by atoms with van der Waals surface area (Å²) in [6.07, 6.45) is 1.31. The normalized spacial score (nSPS) is 10.6. The molecule has 0 bridgehead atoms. The van der Waals surface area contributed by atoms with Crippen LogP contribution in [0.15, 0.2) is 70.2 Å². The molecule has 9 nitrogen and oxygen atoms in total. The van der Waals surface area contributed by atoms with Gasteiger partial charge in [0.1, 0.15) is 5.75 Å². The van der Waals surface area contributed by atoms with Crippen molar-refractivity contribution in [3.63, 3.8) is 0 Å². The standard InChI is InChI=1S/C25H21BrClN3O6/c1-34-21-9-7-15(12-22(21)35-2)24(32)28-14-23(31)30-29-13-16-11-17(26)8-10-20(16)36-25(33)18-5-3-4-6-19(18)27/h3-13H,14H2,1-2H3,(H,28,32)(H,30,31)/b29-13-. The fraction of sp³-hybridized carbons (Fsp3) is 0.120. The Morgan fingerprint density at radius 1 is 0.972 bits per heavy atom. The van der Waals surface area contributed by atoms with Gasteiger partial charge in [0.25, 0.3) is 11.8 Å². The lowest BCUT2D eigenvalue weighted by Crippen LogP contribution is -2.34. The first kappa shape index (κ1) is 26.7. The molecule has 0 spiro atoms. The van der Waals surface area contributed by atoms with Crippen molar-refractivity contribution in [1.29, 1.82) is 0 Å².